The normalized spacial score (nSPS) is 16.7. The van der Waals surface area contributed by atoms with E-state index in [1.807, 2.05) is 48.7 Å². The van der Waals surface area contributed by atoms with Crippen molar-refractivity contribution in [2.75, 3.05) is 18.7 Å². The van der Waals surface area contributed by atoms with Gasteiger partial charge in [0.1, 0.15) is 11.9 Å². The summed E-state index contributed by atoms with van der Waals surface area (Å²) in [5.41, 5.74) is 2.48. The monoisotopic (exact) mass is 300 g/mol. The predicted octanol–water partition coefficient (Wildman–Crippen LogP) is 3.27. The Balaban J connectivity index is 1.94. The first-order chi connectivity index (χ1) is 10.2. The van der Waals surface area contributed by atoms with Gasteiger partial charge in [0.05, 0.1) is 12.7 Å². The average molecular weight is 300 g/mol. The highest BCUT2D eigenvalue weighted by Crippen LogP contribution is 2.32. The third kappa shape index (κ3) is 2.56. The standard InChI is InChI=1S/C16H16N2O2S/c1-20-13-9-10(7-8-14(13)21-2)15-17-12-6-4-3-5-11(12)16(19)18-15/h3-9,15,17H,1-2H3,(H,18,19). The molecule has 108 valence electrons. The molecule has 1 heterocycles. The molecule has 0 spiro atoms. The van der Waals surface area contributed by atoms with E-state index < -0.39 is 0 Å². The number of fused-ring (bicyclic) bond motifs is 1. The van der Waals surface area contributed by atoms with E-state index in [4.69, 9.17) is 4.74 Å². The van der Waals surface area contributed by atoms with Gasteiger partial charge in [0.25, 0.3) is 5.91 Å². The van der Waals surface area contributed by atoms with Crippen molar-refractivity contribution < 1.29 is 9.53 Å². The molecule has 2 aromatic carbocycles. The van der Waals surface area contributed by atoms with Crippen LogP contribution in [0.1, 0.15) is 22.1 Å². The fraction of sp³-hybridized carbons (Fsp3) is 0.188. The fourth-order valence-corrected chi connectivity index (χ4v) is 2.95. The van der Waals surface area contributed by atoms with Crippen LogP contribution in [0.15, 0.2) is 47.4 Å². The number of hydrogen-bond donors (Lipinski definition) is 2. The number of amides is 1. The van der Waals surface area contributed by atoms with E-state index in [1.165, 1.54) is 0 Å². The lowest BCUT2D eigenvalue weighted by Crippen LogP contribution is -2.38. The maximum Gasteiger partial charge on any atom is 0.255 e. The molecule has 0 aliphatic carbocycles. The quantitative estimate of drug-likeness (QED) is 0.854. The molecule has 1 atom stereocenters. The summed E-state index contributed by atoms with van der Waals surface area (Å²) in [5, 5.41) is 6.30. The molecule has 0 radical (unpaired) electrons. The number of benzene rings is 2. The minimum atomic E-state index is -0.253. The van der Waals surface area contributed by atoms with Crippen LogP contribution in [0.4, 0.5) is 5.69 Å². The van der Waals surface area contributed by atoms with Crippen LogP contribution in [0.5, 0.6) is 5.75 Å². The number of methoxy groups -OCH3 is 1. The molecule has 0 aromatic heterocycles. The fourth-order valence-electron chi connectivity index (χ4n) is 2.41. The Labute approximate surface area is 127 Å². The largest absolute Gasteiger partial charge is 0.496 e. The molecule has 2 N–H and O–H groups in total. The molecule has 1 unspecified atom stereocenters. The van der Waals surface area contributed by atoms with Gasteiger partial charge in [-0.25, -0.2) is 0 Å². The zero-order valence-electron chi connectivity index (χ0n) is 11.8. The summed E-state index contributed by atoms with van der Waals surface area (Å²) in [6, 6.07) is 13.5. The molecule has 4 nitrogen and oxygen atoms in total. The van der Waals surface area contributed by atoms with Crippen LogP contribution in [0.25, 0.3) is 0 Å². The van der Waals surface area contributed by atoms with Crippen LogP contribution in [-0.2, 0) is 0 Å². The number of para-hydroxylation sites is 1. The Morgan fingerprint density at radius 2 is 1.95 bits per heavy atom. The Morgan fingerprint density at radius 3 is 2.71 bits per heavy atom. The Hall–Kier alpha value is -2.14. The highest BCUT2D eigenvalue weighted by Gasteiger charge is 2.24. The predicted molar refractivity (Wildman–Crippen MR) is 85.0 cm³/mol. The van der Waals surface area contributed by atoms with Crippen molar-refractivity contribution in [2.45, 2.75) is 11.1 Å². The SMILES string of the molecule is COc1cc(C2NC(=O)c3ccccc3N2)ccc1SC. The molecule has 2 aromatic rings. The minimum absolute atomic E-state index is 0.0674. The number of anilines is 1. The number of carbonyl (C=O) groups is 1. The van der Waals surface area contributed by atoms with Gasteiger partial charge in [-0.05, 0) is 36.1 Å². The summed E-state index contributed by atoms with van der Waals surface area (Å²) in [4.78, 5) is 13.2. The third-order valence-corrected chi connectivity index (χ3v) is 4.26. The van der Waals surface area contributed by atoms with E-state index >= 15 is 0 Å². The van der Waals surface area contributed by atoms with Crippen molar-refractivity contribution >= 4 is 23.4 Å². The zero-order chi connectivity index (χ0) is 14.8. The van der Waals surface area contributed by atoms with Crippen LogP contribution in [0, 0.1) is 0 Å². The van der Waals surface area contributed by atoms with Crippen LogP contribution in [0.3, 0.4) is 0 Å². The summed E-state index contributed by atoms with van der Waals surface area (Å²) in [5.74, 6) is 0.747. The Kier molecular flexibility index (Phi) is 3.75. The molecular weight excluding hydrogens is 284 g/mol. The molecule has 1 aliphatic rings. The van der Waals surface area contributed by atoms with E-state index in [2.05, 4.69) is 10.6 Å². The lowest BCUT2D eigenvalue weighted by molar-refractivity contribution is 0.0935. The zero-order valence-corrected chi connectivity index (χ0v) is 12.7. The van der Waals surface area contributed by atoms with Gasteiger partial charge in [-0.3, -0.25) is 4.79 Å². The van der Waals surface area contributed by atoms with Crippen molar-refractivity contribution in [1.29, 1.82) is 0 Å². The first-order valence-corrected chi connectivity index (χ1v) is 7.84. The Bertz CT molecular complexity index is 688. The smallest absolute Gasteiger partial charge is 0.255 e. The average Bonchev–Trinajstić information content (AvgIpc) is 2.54. The van der Waals surface area contributed by atoms with Crippen LogP contribution in [0.2, 0.25) is 0 Å². The summed E-state index contributed by atoms with van der Waals surface area (Å²) in [7, 11) is 1.65. The maximum absolute atomic E-state index is 12.2. The third-order valence-electron chi connectivity index (χ3n) is 3.49. The van der Waals surface area contributed by atoms with Crippen LogP contribution < -0.4 is 15.4 Å². The molecule has 0 saturated carbocycles. The molecular formula is C16H16N2O2S. The maximum atomic E-state index is 12.2. The van der Waals surface area contributed by atoms with Gasteiger partial charge >= 0.3 is 0 Å². The van der Waals surface area contributed by atoms with E-state index in [0.717, 1.165) is 21.9 Å². The van der Waals surface area contributed by atoms with Gasteiger partial charge in [0.15, 0.2) is 0 Å². The summed E-state index contributed by atoms with van der Waals surface area (Å²) >= 11 is 1.63. The van der Waals surface area contributed by atoms with Crippen LogP contribution in [-0.4, -0.2) is 19.3 Å². The lowest BCUT2D eigenvalue weighted by atomic mass is 10.1. The highest BCUT2D eigenvalue weighted by molar-refractivity contribution is 7.98. The number of rotatable bonds is 3. The number of ether oxygens (including phenoxy) is 1. The number of carbonyl (C=O) groups excluding carboxylic acids is 1. The second-order valence-corrected chi connectivity index (χ2v) is 5.56. The molecule has 0 saturated heterocycles. The van der Waals surface area contributed by atoms with Gasteiger partial charge in [0, 0.05) is 10.6 Å². The van der Waals surface area contributed by atoms with Gasteiger partial charge in [-0.15, -0.1) is 11.8 Å². The van der Waals surface area contributed by atoms with E-state index in [1.54, 1.807) is 18.9 Å². The molecule has 1 aliphatic heterocycles. The van der Waals surface area contributed by atoms with Gasteiger partial charge in [-0.2, -0.15) is 0 Å². The first-order valence-electron chi connectivity index (χ1n) is 6.61. The van der Waals surface area contributed by atoms with E-state index in [0.29, 0.717) is 5.56 Å². The van der Waals surface area contributed by atoms with E-state index in [9.17, 15) is 4.79 Å². The molecule has 0 bridgehead atoms. The number of thioether (sulfide) groups is 1. The lowest BCUT2D eigenvalue weighted by Gasteiger charge is -2.28. The van der Waals surface area contributed by atoms with Gasteiger partial charge in [-0.1, -0.05) is 18.2 Å². The summed E-state index contributed by atoms with van der Waals surface area (Å²) in [6.45, 7) is 0. The van der Waals surface area contributed by atoms with Crippen molar-refractivity contribution in [3.05, 3.63) is 53.6 Å². The van der Waals surface area contributed by atoms with Crippen molar-refractivity contribution in [3.63, 3.8) is 0 Å². The van der Waals surface area contributed by atoms with Crippen molar-refractivity contribution in [1.82, 2.24) is 5.32 Å². The van der Waals surface area contributed by atoms with Crippen molar-refractivity contribution in [3.8, 4) is 5.75 Å². The molecule has 0 fully saturated rings. The number of hydrogen-bond acceptors (Lipinski definition) is 4. The van der Waals surface area contributed by atoms with Gasteiger partial charge in [0.2, 0.25) is 0 Å². The topological polar surface area (TPSA) is 50.4 Å². The summed E-state index contributed by atoms with van der Waals surface area (Å²) in [6.07, 6.45) is 1.76. The highest BCUT2D eigenvalue weighted by atomic mass is 32.2. The first kappa shape index (κ1) is 13.8. The summed E-state index contributed by atoms with van der Waals surface area (Å²) < 4.78 is 5.40. The van der Waals surface area contributed by atoms with Crippen molar-refractivity contribution in [2.24, 2.45) is 0 Å². The minimum Gasteiger partial charge on any atom is -0.496 e. The molecule has 1 amide bonds. The van der Waals surface area contributed by atoms with Crippen LogP contribution >= 0.6 is 11.8 Å². The van der Waals surface area contributed by atoms with Gasteiger partial charge < -0.3 is 15.4 Å². The number of nitrogens with one attached hydrogen (secondary N) is 2. The van der Waals surface area contributed by atoms with E-state index in [-0.39, 0.29) is 12.1 Å². The Morgan fingerprint density at radius 1 is 1.14 bits per heavy atom. The molecule has 21 heavy (non-hydrogen) atoms. The second kappa shape index (κ2) is 5.69. The second-order valence-electron chi connectivity index (χ2n) is 4.71. The molecule has 5 heteroatoms. The molecule has 3 rings (SSSR count).